The molecule has 0 bridgehead atoms. The van der Waals surface area contributed by atoms with Crippen LogP contribution in [0.1, 0.15) is 50.7 Å². The molecule has 6 nitrogen and oxygen atoms in total. The van der Waals surface area contributed by atoms with Crippen LogP contribution < -0.4 is 0 Å². The Kier molecular flexibility index (Phi) is 4.58. The van der Waals surface area contributed by atoms with Crippen LogP contribution in [0, 0.1) is 11.3 Å². The molecule has 1 saturated heterocycles. The summed E-state index contributed by atoms with van der Waals surface area (Å²) in [6.45, 7) is 6.05. The second kappa shape index (κ2) is 5.93. The molecule has 1 N–H and O–H groups in total. The lowest BCUT2D eigenvalue weighted by atomic mass is 9.81. The van der Waals surface area contributed by atoms with E-state index >= 15 is 0 Å². The monoisotopic (exact) mass is 315 g/mol. The van der Waals surface area contributed by atoms with Gasteiger partial charge in [-0.1, -0.05) is 25.4 Å². The largest absolute Gasteiger partial charge is 0.481 e. The van der Waals surface area contributed by atoms with Gasteiger partial charge in [0.2, 0.25) is 5.89 Å². The van der Waals surface area contributed by atoms with E-state index in [1.165, 1.54) is 0 Å². The summed E-state index contributed by atoms with van der Waals surface area (Å²) in [6, 6.07) is 0. The van der Waals surface area contributed by atoms with Crippen molar-refractivity contribution in [3.63, 3.8) is 0 Å². The zero-order valence-corrected chi connectivity index (χ0v) is 13.2. The maximum atomic E-state index is 11.6. The lowest BCUT2D eigenvalue weighted by molar-refractivity contribution is -0.149. The number of carboxylic acids is 1. The van der Waals surface area contributed by atoms with E-state index in [-0.39, 0.29) is 24.2 Å². The third-order valence-electron chi connectivity index (χ3n) is 4.71. The van der Waals surface area contributed by atoms with E-state index in [4.69, 9.17) is 4.52 Å². The maximum Gasteiger partial charge on any atom is 0.311 e. The molecule has 1 aliphatic carbocycles. The summed E-state index contributed by atoms with van der Waals surface area (Å²) in [7, 11) is 0. The SMILES string of the molecule is CC(C)c1nc(CN2C[C@@H]3CCC[C@@]3(C(=O)O)C2)no1.Cl. The van der Waals surface area contributed by atoms with Gasteiger partial charge in [-0.15, -0.1) is 12.4 Å². The highest BCUT2D eigenvalue weighted by Gasteiger charge is 2.54. The second-order valence-corrected chi connectivity index (χ2v) is 6.42. The first-order valence-electron chi connectivity index (χ1n) is 7.29. The molecular weight excluding hydrogens is 294 g/mol. The quantitative estimate of drug-likeness (QED) is 0.918. The predicted molar refractivity (Wildman–Crippen MR) is 78.3 cm³/mol. The molecule has 1 saturated carbocycles. The number of halogens is 1. The first-order valence-corrected chi connectivity index (χ1v) is 7.29. The highest BCUT2D eigenvalue weighted by Crippen LogP contribution is 2.49. The summed E-state index contributed by atoms with van der Waals surface area (Å²) in [4.78, 5) is 18.1. The summed E-state index contributed by atoms with van der Waals surface area (Å²) in [6.07, 6.45) is 2.85. The average Bonchev–Trinajstić information content (AvgIpc) is 3.02. The molecule has 0 aromatic carbocycles. The Hall–Kier alpha value is -1.14. The van der Waals surface area contributed by atoms with Crippen LogP contribution in [0.25, 0.3) is 0 Å². The van der Waals surface area contributed by atoms with E-state index in [2.05, 4.69) is 15.0 Å². The number of aromatic nitrogens is 2. The molecule has 2 fully saturated rings. The molecule has 1 aromatic rings. The van der Waals surface area contributed by atoms with E-state index in [0.717, 1.165) is 25.8 Å². The fraction of sp³-hybridized carbons (Fsp3) is 0.786. The Balaban J connectivity index is 0.00000161. The number of carbonyl (C=O) groups is 1. The number of hydrogen-bond acceptors (Lipinski definition) is 5. The number of carboxylic acid groups (broad SMARTS) is 1. The molecule has 7 heteroatoms. The van der Waals surface area contributed by atoms with E-state index in [1.54, 1.807) is 0 Å². The summed E-state index contributed by atoms with van der Waals surface area (Å²) in [5.74, 6) is 1.16. The van der Waals surface area contributed by atoms with Crippen LogP contribution in [0.3, 0.4) is 0 Å². The van der Waals surface area contributed by atoms with Gasteiger partial charge in [-0.2, -0.15) is 4.98 Å². The van der Waals surface area contributed by atoms with Gasteiger partial charge >= 0.3 is 5.97 Å². The van der Waals surface area contributed by atoms with Gasteiger partial charge < -0.3 is 9.63 Å². The van der Waals surface area contributed by atoms with Crippen molar-refractivity contribution in [2.45, 2.75) is 45.6 Å². The average molecular weight is 316 g/mol. The van der Waals surface area contributed by atoms with E-state index in [9.17, 15) is 9.90 Å². The molecule has 3 rings (SSSR count). The minimum absolute atomic E-state index is 0. The number of fused-ring (bicyclic) bond motifs is 1. The molecule has 1 aliphatic heterocycles. The van der Waals surface area contributed by atoms with E-state index < -0.39 is 11.4 Å². The lowest BCUT2D eigenvalue weighted by Gasteiger charge is -2.23. The topological polar surface area (TPSA) is 79.5 Å². The number of hydrogen-bond donors (Lipinski definition) is 1. The summed E-state index contributed by atoms with van der Waals surface area (Å²) in [5.41, 5.74) is -0.537. The molecule has 0 radical (unpaired) electrons. The van der Waals surface area contributed by atoms with Gasteiger partial charge in [-0.05, 0) is 18.8 Å². The van der Waals surface area contributed by atoms with Gasteiger partial charge in [0.25, 0.3) is 0 Å². The van der Waals surface area contributed by atoms with Crippen LogP contribution in [0.15, 0.2) is 4.52 Å². The molecule has 1 aromatic heterocycles. The van der Waals surface area contributed by atoms with Crippen LogP contribution in [0.2, 0.25) is 0 Å². The lowest BCUT2D eigenvalue weighted by Crippen LogP contribution is -2.35. The van der Waals surface area contributed by atoms with Crippen molar-refractivity contribution >= 4 is 18.4 Å². The third kappa shape index (κ3) is 2.79. The Labute approximate surface area is 130 Å². The maximum absolute atomic E-state index is 11.6. The zero-order valence-electron chi connectivity index (χ0n) is 12.4. The summed E-state index contributed by atoms with van der Waals surface area (Å²) >= 11 is 0. The Morgan fingerprint density at radius 1 is 1.57 bits per heavy atom. The normalized spacial score (nSPS) is 28.6. The smallest absolute Gasteiger partial charge is 0.311 e. The van der Waals surface area contributed by atoms with Crippen molar-refractivity contribution in [2.75, 3.05) is 13.1 Å². The fourth-order valence-corrected chi connectivity index (χ4v) is 3.63. The van der Waals surface area contributed by atoms with Gasteiger partial charge in [-0.25, -0.2) is 0 Å². The summed E-state index contributed by atoms with van der Waals surface area (Å²) < 4.78 is 5.20. The minimum atomic E-state index is -0.640. The Morgan fingerprint density at radius 3 is 2.90 bits per heavy atom. The number of rotatable bonds is 4. The molecule has 2 atom stereocenters. The van der Waals surface area contributed by atoms with Crippen molar-refractivity contribution in [2.24, 2.45) is 11.3 Å². The van der Waals surface area contributed by atoms with Crippen molar-refractivity contribution in [1.29, 1.82) is 0 Å². The highest BCUT2D eigenvalue weighted by atomic mass is 35.5. The van der Waals surface area contributed by atoms with Crippen LogP contribution in [0.4, 0.5) is 0 Å². The van der Waals surface area contributed by atoms with Crippen molar-refractivity contribution in [3.8, 4) is 0 Å². The second-order valence-electron chi connectivity index (χ2n) is 6.42. The third-order valence-corrected chi connectivity index (χ3v) is 4.71. The van der Waals surface area contributed by atoms with Gasteiger partial charge in [0.05, 0.1) is 12.0 Å². The fourth-order valence-electron chi connectivity index (χ4n) is 3.63. The molecule has 2 heterocycles. The molecule has 0 unspecified atom stereocenters. The standard InChI is InChI=1S/C14H21N3O3.ClH/c1-9(2)12-15-11(16-20-12)7-17-6-10-4-3-5-14(10,8-17)13(18)19;/h9-10H,3-8H2,1-2H3,(H,18,19);1H/t10-,14+;/m0./s1. The first kappa shape index (κ1) is 16.2. The Bertz CT molecular complexity index is 519. The summed E-state index contributed by atoms with van der Waals surface area (Å²) in [5, 5.41) is 13.5. The molecule has 2 aliphatic rings. The van der Waals surface area contributed by atoms with Crippen LogP contribution >= 0.6 is 12.4 Å². The highest BCUT2D eigenvalue weighted by molar-refractivity contribution is 5.85. The Morgan fingerprint density at radius 2 is 2.33 bits per heavy atom. The predicted octanol–water partition coefficient (Wildman–Crippen LogP) is 2.30. The molecular formula is C14H22ClN3O3. The molecule has 0 spiro atoms. The number of nitrogens with zero attached hydrogens (tertiary/aromatic N) is 3. The van der Waals surface area contributed by atoms with Crippen molar-refractivity contribution in [1.82, 2.24) is 15.0 Å². The number of likely N-dealkylation sites (tertiary alicyclic amines) is 1. The zero-order chi connectivity index (χ0) is 14.3. The first-order chi connectivity index (χ1) is 9.51. The van der Waals surface area contributed by atoms with Gasteiger partial charge in [0, 0.05) is 19.0 Å². The van der Waals surface area contributed by atoms with Crippen molar-refractivity contribution in [3.05, 3.63) is 11.7 Å². The van der Waals surface area contributed by atoms with Crippen LogP contribution in [-0.4, -0.2) is 39.2 Å². The molecule has 118 valence electrons. The minimum Gasteiger partial charge on any atom is -0.481 e. The van der Waals surface area contributed by atoms with Gasteiger partial charge in [-0.3, -0.25) is 9.69 Å². The van der Waals surface area contributed by atoms with Crippen molar-refractivity contribution < 1.29 is 14.4 Å². The number of aliphatic carboxylic acids is 1. The van der Waals surface area contributed by atoms with Crippen LogP contribution in [-0.2, 0) is 11.3 Å². The van der Waals surface area contributed by atoms with E-state index in [0.29, 0.717) is 24.8 Å². The van der Waals surface area contributed by atoms with Gasteiger partial charge in [0.15, 0.2) is 5.82 Å². The van der Waals surface area contributed by atoms with E-state index in [1.807, 2.05) is 13.8 Å². The van der Waals surface area contributed by atoms with Crippen LogP contribution in [0.5, 0.6) is 0 Å². The molecule has 0 amide bonds. The molecule has 21 heavy (non-hydrogen) atoms. The van der Waals surface area contributed by atoms with Gasteiger partial charge in [0.1, 0.15) is 0 Å².